The van der Waals surface area contributed by atoms with Gasteiger partial charge in [-0.15, -0.1) is 6.58 Å². The van der Waals surface area contributed by atoms with E-state index in [0.29, 0.717) is 13.0 Å². The molecule has 0 unspecified atom stereocenters. The molecule has 1 aromatic carbocycles. The maximum absolute atomic E-state index is 12.0. The molecule has 0 fully saturated rings. The molecule has 0 aromatic heterocycles. The third-order valence-electron chi connectivity index (χ3n) is 2.51. The molecule has 0 aliphatic rings. The van der Waals surface area contributed by atoms with Crippen molar-refractivity contribution in [2.24, 2.45) is 0 Å². The van der Waals surface area contributed by atoms with Gasteiger partial charge in [0, 0.05) is 12.6 Å². The molecule has 0 bridgehead atoms. The summed E-state index contributed by atoms with van der Waals surface area (Å²) in [7, 11) is -3.84. The summed E-state index contributed by atoms with van der Waals surface area (Å²) in [6.45, 7) is 4.25. The molecule has 0 aliphatic heterocycles. The van der Waals surface area contributed by atoms with Crippen molar-refractivity contribution in [2.45, 2.75) is 11.3 Å². The van der Waals surface area contributed by atoms with Gasteiger partial charge in [0.1, 0.15) is 5.69 Å². The molecule has 0 saturated heterocycles. The molecular formula is C12H17N3O5S. The Balaban J connectivity index is 2.68. The number of nitrogens with one attached hydrogen (secondary N) is 1. The van der Waals surface area contributed by atoms with Gasteiger partial charge < -0.3 is 10.5 Å². The minimum Gasteiger partial charge on any atom is -0.393 e. The molecule has 0 aliphatic carbocycles. The summed E-state index contributed by atoms with van der Waals surface area (Å²) < 4.78 is 31.4. The highest BCUT2D eigenvalue weighted by Gasteiger charge is 2.19. The Hall–Kier alpha value is -1.97. The summed E-state index contributed by atoms with van der Waals surface area (Å²) in [6.07, 6.45) is 2.37. The predicted octanol–water partition coefficient (Wildman–Crippen LogP) is 1.05. The van der Waals surface area contributed by atoms with Crippen LogP contribution in [-0.4, -0.2) is 33.1 Å². The van der Waals surface area contributed by atoms with Gasteiger partial charge >= 0.3 is 0 Å². The number of hydrogen-bond donors (Lipinski definition) is 2. The maximum Gasteiger partial charge on any atom is 0.293 e. The van der Waals surface area contributed by atoms with E-state index in [2.05, 4.69) is 11.3 Å². The van der Waals surface area contributed by atoms with Crippen LogP contribution >= 0.6 is 0 Å². The molecule has 0 spiro atoms. The topological polar surface area (TPSA) is 125 Å². The fourth-order valence-corrected chi connectivity index (χ4v) is 2.48. The SMILES string of the molecule is C=CCCOCCNS(=O)(=O)c1ccc(N)c([N+](=O)[O-])c1. The van der Waals surface area contributed by atoms with Crippen LogP contribution in [0.2, 0.25) is 0 Å². The van der Waals surface area contributed by atoms with E-state index in [-0.39, 0.29) is 23.7 Å². The molecule has 21 heavy (non-hydrogen) atoms. The molecule has 1 aromatic rings. The Labute approximate surface area is 122 Å². The zero-order chi connectivity index (χ0) is 15.9. The molecular weight excluding hydrogens is 298 g/mol. The van der Waals surface area contributed by atoms with E-state index in [4.69, 9.17) is 10.5 Å². The third-order valence-corrected chi connectivity index (χ3v) is 3.97. The second kappa shape index (κ2) is 7.72. The predicted molar refractivity (Wildman–Crippen MR) is 78.3 cm³/mol. The van der Waals surface area contributed by atoms with Crippen molar-refractivity contribution in [3.63, 3.8) is 0 Å². The lowest BCUT2D eigenvalue weighted by atomic mass is 10.3. The molecule has 1 rings (SSSR count). The van der Waals surface area contributed by atoms with Gasteiger partial charge in [0.2, 0.25) is 10.0 Å². The average molecular weight is 315 g/mol. The van der Waals surface area contributed by atoms with E-state index in [1.54, 1.807) is 6.08 Å². The van der Waals surface area contributed by atoms with Crippen molar-refractivity contribution in [1.82, 2.24) is 4.72 Å². The number of hydrogen-bond acceptors (Lipinski definition) is 6. The smallest absolute Gasteiger partial charge is 0.293 e. The van der Waals surface area contributed by atoms with Gasteiger partial charge in [-0.2, -0.15) is 0 Å². The van der Waals surface area contributed by atoms with Crippen LogP contribution in [0.25, 0.3) is 0 Å². The molecule has 9 heteroatoms. The van der Waals surface area contributed by atoms with Crippen LogP contribution in [-0.2, 0) is 14.8 Å². The van der Waals surface area contributed by atoms with Crippen molar-refractivity contribution in [1.29, 1.82) is 0 Å². The number of rotatable bonds is 9. The van der Waals surface area contributed by atoms with Crippen LogP contribution in [0.3, 0.4) is 0 Å². The summed E-state index contributed by atoms with van der Waals surface area (Å²) in [5, 5.41) is 10.7. The number of nitrogens with two attached hydrogens (primary N) is 1. The summed E-state index contributed by atoms with van der Waals surface area (Å²) in [5.41, 5.74) is 4.88. The second-order valence-corrected chi connectivity index (χ2v) is 5.83. The molecule has 3 N–H and O–H groups in total. The summed E-state index contributed by atoms with van der Waals surface area (Å²) in [5.74, 6) is 0. The fraction of sp³-hybridized carbons (Fsp3) is 0.333. The first-order chi connectivity index (χ1) is 9.88. The van der Waals surface area contributed by atoms with E-state index in [0.717, 1.165) is 6.07 Å². The highest BCUT2D eigenvalue weighted by molar-refractivity contribution is 7.89. The lowest BCUT2D eigenvalue weighted by Crippen LogP contribution is -2.27. The van der Waals surface area contributed by atoms with E-state index in [9.17, 15) is 18.5 Å². The Kier molecular flexibility index (Phi) is 6.28. The summed E-state index contributed by atoms with van der Waals surface area (Å²) >= 11 is 0. The number of benzene rings is 1. The van der Waals surface area contributed by atoms with Crippen molar-refractivity contribution >= 4 is 21.4 Å². The molecule has 8 nitrogen and oxygen atoms in total. The number of nitro benzene ring substituents is 1. The lowest BCUT2D eigenvalue weighted by Gasteiger charge is -2.07. The summed E-state index contributed by atoms with van der Waals surface area (Å²) in [6, 6.07) is 3.33. The third kappa shape index (κ3) is 5.14. The zero-order valence-corrected chi connectivity index (χ0v) is 12.1. The van der Waals surface area contributed by atoms with E-state index >= 15 is 0 Å². The quantitative estimate of drug-likeness (QED) is 0.231. The summed E-state index contributed by atoms with van der Waals surface area (Å²) in [4.78, 5) is 9.80. The van der Waals surface area contributed by atoms with E-state index < -0.39 is 20.6 Å². The standard InChI is InChI=1S/C12H17N3O5S/c1-2-3-7-20-8-6-14-21(18,19)10-4-5-11(13)12(9-10)15(16)17/h2,4-5,9,14H,1,3,6-8,13H2. The Morgan fingerprint density at radius 2 is 2.14 bits per heavy atom. The van der Waals surface area contributed by atoms with Crippen LogP contribution in [0.5, 0.6) is 0 Å². The number of nitrogens with zero attached hydrogens (tertiary/aromatic N) is 1. The average Bonchev–Trinajstić information content (AvgIpc) is 2.42. The second-order valence-electron chi connectivity index (χ2n) is 4.07. The Morgan fingerprint density at radius 3 is 2.76 bits per heavy atom. The normalized spacial score (nSPS) is 11.2. The lowest BCUT2D eigenvalue weighted by molar-refractivity contribution is -0.384. The van der Waals surface area contributed by atoms with Crippen LogP contribution in [0, 0.1) is 10.1 Å². The number of nitro groups is 1. The number of anilines is 1. The highest BCUT2D eigenvalue weighted by Crippen LogP contribution is 2.24. The number of sulfonamides is 1. The van der Waals surface area contributed by atoms with Crippen molar-refractivity contribution in [2.75, 3.05) is 25.5 Å². The largest absolute Gasteiger partial charge is 0.393 e. The first kappa shape index (κ1) is 17.1. The molecule has 0 atom stereocenters. The van der Waals surface area contributed by atoms with Gasteiger partial charge in [-0.1, -0.05) is 6.08 Å². The van der Waals surface area contributed by atoms with Crippen LogP contribution in [0.1, 0.15) is 6.42 Å². The van der Waals surface area contributed by atoms with Crippen molar-refractivity contribution < 1.29 is 18.1 Å². The zero-order valence-electron chi connectivity index (χ0n) is 11.3. The molecule has 0 heterocycles. The fourth-order valence-electron chi connectivity index (χ4n) is 1.45. The van der Waals surface area contributed by atoms with Gasteiger partial charge in [0.15, 0.2) is 0 Å². The Morgan fingerprint density at radius 1 is 1.43 bits per heavy atom. The van der Waals surface area contributed by atoms with Crippen LogP contribution < -0.4 is 10.5 Å². The van der Waals surface area contributed by atoms with Crippen LogP contribution in [0.15, 0.2) is 35.7 Å². The Bertz CT molecular complexity index is 615. The first-order valence-electron chi connectivity index (χ1n) is 6.10. The van der Waals surface area contributed by atoms with Gasteiger partial charge in [-0.25, -0.2) is 13.1 Å². The highest BCUT2D eigenvalue weighted by atomic mass is 32.2. The molecule has 0 saturated carbocycles. The van der Waals surface area contributed by atoms with Gasteiger partial charge in [-0.05, 0) is 18.6 Å². The molecule has 0 radical (unpaired) electrons. The minimum atomic E-state index is -3.84. The van der Waals surface area contributed by atoms with Crippen LogP contribution in [0.4, 0.5) is 11.4 Å². The van der Waals surface area contributed by atoms with Gasteiger partial charge in [-0.3, -0.25) is 10.1 Å². The minimum absolute atomic E-state index is 0.0671. The maximum atomic E-state index is 12.0. The first-order valence-corrected chi connectivity index (χ1v) is 7.59. The number of nitrogen functional groups attached to an aromatic ring is 1. The van der Waals surface area contributed by atoms with Crippen molar-refractivity contribution in [3.05, 3.63) is 41.0 Å². The molecule has 0 amide bonds. The van der Waals surface area contributed by atoms with Crippen molar-refractivity contribution in [3.8, 4) is 0 Å². The van der Waals surface area contributed by atoms with E-state index in [1.807, 2.05) is 0 Å². The van der Waals surface area contributed by atoms with Gasteiger partial charge in [0.05, 0.1) is 23.0 Å². The molecule has 116 valence electrons. The monoisotopic (exact) mass is 315 g/mol. The van der Waals surface area contributed by atoms with Gasteiger partial charge in [0.25, 0.3) is 5.69 Å². The number of ether oxygens (including phenoxy) is 1. The van der Waals surface area contributed by atoms with E-state index in [1.165, 1.54) is 12.1 Å².